The van der Waals surface area contributed by atoms with E-state index in [1.54, 1.807) is 44.3 Å². The molecule has 0 fully saturated rings. The smallest absolute Gasteiger partial charge is 0.244 e. The number of halogens is 1. The van der Waals surface area contributed by atoms with Crippen LogP contribution >= 0.6 is 11.6 Å². The number of aryl methyl sites for hydroxylation is 1. The van der Waals surface area contributed by atoms with Crippen molar-refractivity contribution < 1.29 is 13.2 Å². The van der Waals surface area contributed by atoms with Crippen molar-refractivity contribution in [1.29, 1.82) is 0 Å². The zero-order valence-corrected chi connectivity index (χ0v) is 14.1. The summed E-state index contributed by atoms with van der Waals surface area (Å²) in [5.74, 6) is 0.271. The van der Waals surface area contributed by atoms with Crippen molar-refractivity contribution in [3.05, 3.63) is 52.3 Å². The highest BCUT2D eigenvalue weighted by atomic mass is 35.5. The van der Waals surface area contributed by atoms with Gasteiger partial charge in [-0.05, 0) is 43.2 Å². The van der Waals surface area contributed by atoms with Crippen LogP contribution in [-0.4, -0.2) is 20.5 Å². The zero-order chi connectivity index (χ0) is 16.3. The molecule has 1 aromatic heterocycles. The van der Waals surface area contributed by atoms with E-state index in [9.17, 15) is 8.42 Å². The number of benzene rings is 1. The summed E-state index contributed by atoms with van der Waals surface area (Å²) >= 11 is 6.17. The van der Waals surface area contributed by atoms with Gasteiger partial charge in [0.2, 0.25) is 10.0 Å². The molecule has 0 spiro atoms. The van der Waals surface area contributed by atoms with E-state index in [0.29, 0.717) is 16.3 Å². The van der Waals surface area contributed by atoms with Gasteiger partial charge in [0.25, 0.3) is 0 Å². The Bertz CT molecular complexity index is 777. The van der Waals surface area contributed by atoms with Crippen molar-refractivity contribution in [2.45, 2.75) is 25.3 Å². The molecule has 0 bridgehead atoms. The van der Waals surface area contributed by atoms with Crippen molar-refractivity contribution in [2.24, 2.45) is 0 Å². The molecule has 0 amide bonds. The van der Waals surface area contributed by atoms with Gasteiger partial charge in [-0.1, -0.05) is 17.7 Å². The number of rotatable bonds is 5. The van der Waals surface area contributed by atoms with Gasteiger partial charge in [-0.2, -0.15) is 0 Å². The quantitative estimate of drug-likeness (QED) is 0.908. The fourth-order valence-electron chi connectivity index (χ4n) is 2.14. The molecule has 118 valence electrons. The molecule has 22 heavy (non-hydrogen) atoms. The first-order chi connectivity index (χ1) is 10.4. The Kier molecular flexibility index (Phi) is 5.05. The molecule has 2 rings (SSSR count). The number of sulfonamides is 1. The Morgan fingerprint density at radius 3 is 2.64 bits per heavy atom. The molecule has 5 nitrogen and oxygen atoms in total. The number of ether oxygens (including phenoxy) is 1. The minimum atomic E-state index is -3.77. The predicted molar refractivity (Wildman–Crippen MR) is 85.7 cm³/mol. The lowest BCUT2D eigenvalue weighted by Crippen LogP contribution is -2.25. The van der Waals surface area contributed by atoms with Crippen molar-refractivity contribution in [3.63, 3.8) is 0 Å². The van der Waals surface area contributed by atoms with Gasteiger partial charge in [0.15, 0.2) is 0 Å². The Labute approximate surface area is 135 Å². The van der Waals surface area contributed by atoms with Crippen LogP contribution in [-0.2, 0) is 16.6 Å². The van der Waals surface area contributed by atoms with Crippen LogP contribution in [0.1, 0.15) is 16.8 Å². The van der Waals surface area contributed by atoms with Gasteiger partial charge in [0.1, 0.15) is 10.6 Å². The van der Waals surface area contributed by atoms with Crippen LogP contribution in [0.3, 0.4) is 0 Å². The number of aromatic nitrogens is 1. The minimum absolute atomic E-state index is 0.0570. The van der Waals surface area contributed by atoms with E-state index in [1.807, 2.05) is 0 Å². The highest BCUT2D eigenvalue weighted by Crippen LogP contribution is 2.34. The van der Waals surface area contributed by atoms with E-state index in [0.717, 1.165) is 5.56 Å². The van der Waals surface area contributed by atoms with Gasteiger partial charge in [-0.15, -0.1) is 0 Å². The lowest BCUT2D eigenvalue weighted by molar-refractivity contribution is 0.401. The Balaban J connectivity index is 2.39. The van der Waals surface area contributed by atoms with E-state index in [2.05, 4.69) is 9.71 Å². The monoisotopic (exact) mass is 340 g/mol. The van der Waals surface area contributed by atoms with E-state index in [4.69, 9.17) is 16.3 Å². The molecular formula is C15H17ClN2O3S. The molecule has 7 heteroatoms. The number of nitrogens with one attached hydrogen (secondary N) is 1. The lowest BCUT2D eigenvalue weighted by Gasteiger charge is -2.15. The molecule has 1 heterocycles. The topological polar surface area (TPSA) is 68.3 Å². The van der Waals surface area contributed by atoms with E-state index in [1.165, 1.54) is 7.11 Å². The SMILES string of the molecule is COc1cc(C)c(Cl)c(C)c1S(=O)(=O)NCc1ccccn1. The summed E-state index contributed by atoms with van der Waals surface area (Å²) < 4.78 is 32.9. The number of hydrogen-bond donors (Lipinski definition) is 1. The summed E-state index contributed by atoms with van der Waals surface area (Å²) in [6.07, 6.45) is 1.61. The van der Waals surface area contributed by atoms with Crippen molar-refractivity contribution in [3.8, 4) is 5.75 Å². The van der Waals surface area contributed by atoms with Gasteiger partial charge >= 0.3 is 0 Å². The van der Waals surface area contributed by atoms with Crippen LogP contribution in [0, 0.1) is 13.8 Å². The molecule has 0 saturated heterocycles. The van der Waals surface area contributed by atoms with Gasteiger partial charge in [0, 0.05) is 11.2 Å². The molecule has 1 aromatic carbocycles. The molecule has 1 N–H and O–H groups in total. The van der Waals surface area contributed by atoms with Crippen LogP contribution < -0.4 is 9.46 Å². The van der Waals surface area contributed by atoms with Gasteiger partial charge in [0.05, 0.1) is 19.3 Å². The average molecular weight is 341 g/mol. The second-order valence-corrected chi connectivity index (χ2v) is 6.89. The number of nitrogens with zero attached hydrogens (tertiary/aromatic N) is 1. The third kappa shape index (κ3) is 3.40. The highest BCUT2D eigenvalue weighted by molar-refractivity contribution is 7.89. The van der Waals surface area contributed by atoms with Crippen molar-refractivity contribution in [1.82, 2.24) is 9.71 Å². The maximum Gasteiger partial charge on any atom is 0.244 e. The average Bonchev–Trinajstić information content (AvgIpc) is 2.51. The highest BCUT2D eigenvalue weighted by Gasteiger charge is 2.24. The Hall–Kier alpha value is -1.63. The maximum absolute atomic E-state index is 12.6. The zero-order valence-electron chi connectivity index (χ0n) is 12.6. The maximum atomic E-state index is 12.6. The Morgan fingerprint density at radius 1 is 1.32 bits per heavy atom. The minimum Gasteiger partial charge on any atom is -0.495 e. The summed E-state index contributed by atoms with van der Waals surface area (Å²) in [6, 6.07) is 6.93. The number of hydrogen-bond acceptors (Lipinski definition) is 4. The molecule has 0 aliphatic carbocycles. The fraction of sp³-hybridized carbons (Fsp3) is 0.267. The van der Waals surface area contributed by atoms with Crippen molar-refractivity contribution in [2.75, 3.05) is 7.11 Å². The first kappa shape index (κ1) is 16.7. The molecule has 0 aliphatic heterocycles. The largest absolute Gasteiger partial charge is 0.495 e. The first-order valence-electron chi connectivity index (χ1n) is 6.60. The summed E-state index contributed by atoms with van der Waals surface area (Å²) in [5.41, 5.74) is 1.85. The summed E-state index contributed by atoms with van der Waals surface area (Å²) in [4.78, 5) is 4.14. The first-order valence-corrected chi connectivity index (χ1v) is 8.46. The standard InChI is InChI=1S/C15H17ClN2O3S/c1-10-8-13(21-3)15(11(2)14(10)16)22(19,20)18-9-12-6-4-5-7-17-12/h4-8,18H,9H2,1-3H3. The second-order valence-electron chi connectivity index (χ2n) is 4.81. The summed E-state index contributed by atoms with van der Waals surface area (Å²) in [5, 5.41) is 0.416. The number of methoxy groups -OCH3 is 1. The van der Waals surface area contributed by atoms with E-state index >= 15 is 0 Å². The normalized spacial score (nSPS) is 11.5. The molecule has 0 atom stereocenters. The number of pyridine rings is 1. The summed E-state index contributed by atoms with van der Waals surface area (Å²) in [6.45, 7) is 3.56. The Morgan fingerprint density at radius 2 is 2.05 bits per heavy atom. The molecule has 0 unspecified atom stereocenters. The predicted octanol–water partition coefficient (Wildman–Crippen LogP) is 2.84. The van der Waals surface area contributed by atoms with Crippen molar-refractivity contribution >= 4 is 21.6 Å². The molecule has 0 aliphatic rings. The fourth-order valence-corrected chi connectivity index (χ4v) is 3.73. The molecule has 0 radical (unpaired) electrons. The van der Waals surface area contributed by atoms with Crippen LogP contribution in [0.5, 0.6) is 5.75 Å². The summed E-state index contributed by atoms with van der Waals surface area (Å²) in [7, 11) is -2.34. The van der Waals surface area contributed by atoms with Crippen LogP contribution in [0.15, 0.2) is 35.4 Å². The van der Waals surface area contributed by atoms with Gasteiger partial charge in [-0.25, -0.2) is 13.1 Å². The molecule has 2 aromatic rings. The molecule has 0 saturated carbocycles. The lowest BCUT2D eigenvalue weighted by atomic mass is 10.1. The van der Waals surface area contributed by atoms with E-state index in [-0.39, 0.29) is 17.2 Å². The van der Waals surface area contributed by atoms with Gasteiger partial charge < -0.3 is 4.74 Å². The van der Waals surface area contributed by atoms with Crippen LogP contribution in [0.2, 0.25) is 5.02 Å². The van der Waals surface area contributed by atoms with E-state index < -0.39 is 10.0 Å². The van der Waals surface area contributed by atoms with Gasteiger partial charge in [-0.3, -0.25) is 4.98 Å². The molecular weight excluding hydrogens is 324 g/mol. The second kappa shape index (κ2) is 6.64. The third-order valence-electron chi connectivity index (χ3n) is 3.25. The third-order valence-corrected chi connectivity index (χ3v) is 5.40. The van der Waals surface area contributed by atoms with Crippen LogP contribution in [0.25, 0.3) is 0 Å². The van der Waals surface area contributed by atoms with Crippen LogP contribution in [0.4, 0.5) is 0 Å².